The first-order valence-electron chi connectivity index (χ1n) is 4.77. The van der Waals surface area contributed by atoms with E-state index in [1.807, 2.05) is 0 Å². The molecule has 0 amide bonds. The smallest absolute Gasteiger partial charge is 0.146 e. The molecule has 0 atom stereocenters. The van der Waals surface area contributed by atoms with Crippen LogP contribution in [0.1, 0.15) is 26.2 Å². The van der Waals surface area contributed by atoms with Crippen LogP contribution < -0.4 is 0 Å². The van der Waals surface area contributed by atoms with Crippen LogP contribution in [0.15, 0.2) is 23.3 Å². The van der Waals surface area contributed by atoms with E-state index in [1.165, 1.54) is 24.0 Å². The summed E-state index contributed by atoms with van der Waals surface area (Å²) in [5.41, 5.74) is 2.92. The summed E-state index contributed by atoms with van der Waals surface area (Å²) in [4.78, 5) is 0. The van der Waals surface area contributed by atoms with Gasteiger partial charge in [-0.15, -0.1) is 0 Å². The SMILES string of the molecule is COCOCC/C=C1/CCC=C1C. The lowest BCUT2D eigenvalue weighted by Gasteiger charge is -2.01. The maximum atomic E-state index is 5.19. The van der Waals surface area contributed by atoms with Crippen molar-refractivity contribution in [1.82, 2.24) is 0 Å². The number of allylic oxidation sites excluding steroid dienone is 3. The van der Waals surface area contributed by atoms with E-state index in [4.69, 9.17) is 9.47 Å². The Bertz CT molecular complexity index is 204. The van der Waals surface area contributed by atoms with E-state index in [0.29, 0.717) is 6.79 Å². The van der Waals surface area contributed by atoms with Crippen LogP contribution in [0.2, 0.25) is 0 Å². The Morgan fingerprint density at radius 3 is 3.00 bits per heavy atom. The van der Waals surface area contributed by atoms with E-state index in [-0.39, 0.29) is 0 Å². The van der Waals surface area contributed by atoms with Crippen LogP contribution in [0.4, 0.5) is 0 Å². The molecule has 0 saturated heterocycles. The lowest BCUT2D eigenvalue weighted by Crippen LogP contribution is -1.97. The Morgan fingerprint density at radius 1 is 1.54 bits per heavy atom. The third kappa shape index (κ3) is 3.75. The zero-order valence-corrected chi connectivity index (χ0v) is 8.51. The van der Waals surface area contributed by atoms with Crippen LogP contribution in [0.3, 0.4) is 0 Å². The van der Waals surface area contributed by atoms with Crippen LogP contribution in [-0.2, 0) is 9.47 Å². The second kappa shape index (κ2) is 5.95. The second-order valence-corrected chi connectivity index (χ2v) is 3.26. The van der Waals surface area contributed by atoms with Gasteiger partial charge in [0.1, 0.15) is 6.79 Å². The highest BCUT2D eigenvalue weighted by Gasteiger charge is 2.05. The highest BCUT2D eigenvalue weighted by Crippen LogP contribution is 2.24. The Balaban J connectivity index is 2.13. The van der Waals surface area contributed by atoms with Crippen molar-refractivity contribution >= 4 is 0 Å². The van der Waals surface area contributed by atoms with E-state index in [0.717, 1.165) is 13.0 Å². The van der Waals surface area contributed by atoms with Gasteiger partial charge in [0.25, 0.3) is 0 Å². The zero-order valence-electron chi connectivity index (χ0n) is 8.51. The van der Waals surface area contributed by atoms with E-state index in [2.05, 4.69) is 19.1 Å². The quantitative estimate of drug-likeness (QED) is 0.480. The first-order chi connectivity index (χ1) is 6.34. The molecule has 0 fully saturated rings. The third-order valence-electron chi connectivity index (χ3n) is 2.22. The molecule has 1 rings (SSSR count). The molecule has 0 saturated carbocycles. The fraction of sp³-hybridized carbons (Fsp3) is 0.636. The predicted octanol–water partition coefficient (Wildman–Crippen LogP) is 2.66. The van der Waals surface area contributed by atoms with Gasteiger partial charge >= 0.3 is 0 Å². The number of hydrogen-bond acceptors (Lipinski definition) is 2. The molecule has 0 aromatic carbocycles. The highest BCUT2D eigenvalue weighted by molar-refractivity contribution is 5.33. The largest absolute Gasteiger partial charge is 0.359 e. The molecule has 1 aliphatic carbocycles. The number of ether oxygens (including phenoxy) is 2. The van der Waals surface area contributed by atoms with Crippen molar-refractivity contribution in [2.45, 2.75) is 26.2 Å². The van der Waals surface area contributed by atoms with Crippen LogP contribution in [0.5, 0.6) is 0 Å². The summed E-state index contributed by atoms with van der Waals surface area (Å²) in [5, 5.41) is 0. The van der Waals surface area contributed by atoms with Gasteiger partial charge in [0.15, 0.2) is 0 Å². The fourth-order valence-corrected chi connectivity index (χ4v) is 1.49. The average molecular weight is 182 g/mol. The molecule has 0 aliphatic heterocycles. The van der Waals surface area contributed by atoms with Gasteiger partial charge in [-0.1, -0.05) is 17.7 Å². The van der Waals surface area contributed by atoms with E-state index < -0.39 is 0 Å². The first-order valence-corrected chi connectivity index (χ1v) is 4.77. The molecule has 0 heterocycles. The molecule has 0 spiro atoms. The minimum absolute atomic E-state index is 0.401. The van der Waals surface area contributed by atoms with E-state index >= 15 is 0 Å². The lowest BCUT2D eigenvalue weighted by molar-refractivity contribution is -0.0286. The van der Waals surface area contributed by atoms with Crippen LogP contribution in [0, 0.1) is 0 Å². The summed E-state index contributed by atoms with van der Waals surface area (Å²) in [5.74, 6) is 0. The van der Waals surface area contributed by atoms with Crippen molar-refractivity contribution in [3.63, 3.8) is 0 Å². The molecular formula is C11H18O2. The van der Waals surface area contributed by atoms with Crippen LogP contribution in [-0.4, -0.2) is 20.5 Å². The van der Waals surface area contributed by atoms with E-state index in [1.54, 1.807) is 7.11 Å². The van der Waals surface area contributed by atoms with Gasteiger partial charge < -0.3 is 9.47 Å². The fourth-order valence-electron chi connectivity index (χ4n) is 1.49. The lowest BCUT2D eigenvalue weighted by atomic mass is 10.1. The van der Waals surface area contributed by atoms with Crippen molar-refractivity contribution in [2.24, 2.45) is 0 Å². The van der Waals surface area contributed by atoms with Gasteiger partial charge in [-0.3, -0.25) is 0 Å². The third-order valence-corrected chi connectivity index (χ3v) is 2.22. The van der Waals surface area contributed by atoms with Crippen molar-refractivity contribution in [3.8, 4) is 0 Å². The molecule has 0 aromatic heterocycles. The summed E-state index contributed by atoms with van der Waals surface area (Å²) in [6.45, 7) is 3.33. The number of rotatable bonds is 5. The zero-order chi connectivity index (χ0) is 9.52. The molecule has 2 heteroatoms. The van der Waals surface area contributed by atoms with Gasteiger partial charge in [0.05, 0.1) is 6.61 Å². The van der Waals surface area contributed by atoms with Gasteiger partial charge in [0, 0.05) is 7.11 Å². The number of methoxy groups -OCH3 is 1. The van der Waals surface area contributed by atoms with Crippen molar-refractivity contribution in [1.29, 1.82) is 0 Å². The molecule has 13 heavy (non-hydrogen) atoms. The maximum absolute atomic E-state index is 5.19. The van der Waals surface area contributed by atoms with Gasteiger partial charge in [-0.2, -0.15) is 0 Å². The van der Waals surface area contributed by atoms with Crippen LogP contribution >= 0.6 is 0 Å². The summed E-state index contributed by atoms with van der Waals surface area (Å²) in [6, 6.07) is 0. The van der Waals surface area contributed by atoms with E-state index in [9.17, 15) is 0 Å². The molecule has 0 aromatic rings. The minimum Gasteiger partial charge on any atom is -0.359 e. The van der Waals surface area contributed by atoms with Gasteiger partial charge in [-0.25, -0.2) is 0 Å². The van der Waals surface area contributed by atoms with Gasteiger partial charge in [-0.05, 0) is 31.8 Å². The summed E-state index contributed by atoms with van der Waals surface area (Å²) < 4.78 is 9.97. The van der Waals surface area contributed by atoms with Gasteiger partial charge in [0.2, 0.25) is 0 Å². The topological polar surface area (TPSA) is 18.5 Å². The minimum atomic E-state index is 0.401. The number of hydrogen-bond donors (Lipinski definition) is 0. The Hall–Kier alpha value is -0.600. The summed E-state index contributed by atoms with van der Waals surface area (Å²) in [6.07, 6.45) is 7.97. The monoisotopic (exact) mass is 182 g/mol. The molecule has 0 N–H and O–H groups in total. The van der Waals surface area contributed by atoms with Crippen molar-refractivity contribution in [3.05, 3.63) is 23.3 Å². The average Bonchev–Trinajstić information content (AvgIpc) is 2.52. The molecule has 0 radical (unpaired) electrons. The maximum Gasteiger partial charge on any atom is 0.146 e. The predicted molar refractivity (Wildman–Crippen MR) is 53.5 cm³/mol. The Morgan fingerprint density at radius 2 is 2.38 bits per heavy atom. The highest BCUT2D eigenvalue weighted by atomic mass is 16.7. The van der Waals surface area contributed by atoms with Crippen molar-refractivity contribution in [2.75, 3.05) is 20.5 Å². The molecule has 0 unspecified atom stereocenters. The normalized spacial score (nSPS) is 19.5. The molecule has 1 aliphatic rings. The molecule has 2 nitrogen and oxygen atoms in total. The molecule has 74 valence electrons. The standard InChI is InChI=1S/C11H18O2/c1-10-5-3-6-11(10)7-4-8-13-9-12-2/h5,7H,3-4,6,8-9H2,1-2H3/b11-7-. The summed E-state index contributed by atoms with van der Waals surface area (Å²) >= 11 is 0. The Labute approximate surface area is 80.2 Å². The first kappa shape index (κ1) is 10.5. The summed E-state index contributed by atoms with van der Waals surface area (Å²) in [7, 11) is 1.64. The second-order valence-electron chi connectivity index (χ2n) is 3.26. The molecular weight excluding hydrogens is 164 g/mol. The van der Waals surface area contributed by atoms with Crippen LogP contribution in [0.25, 0.3) is 0 Å². The van der Waals surface area contributed by atoms with Crippen molar-refractivity contribution < 1.29 is 9.47 Å². The molecule has 0 bridgehead atoms. The Kier molecular flexibility index (Phi) is 4.79.